The summed E-state index contributed by atoms with van der Waals surface area (Å²) in [6.45, 7) is 0.584. The van der Waals surface area contributed by atoms with Crippen molar-refractivity contribution in [2.75, 3.05) is 38.4 Å². The number of methoxy groups -OCH3 is 1. The van der Waals surface area contributed by atoms with Gasteiger partial charge < -0.3 is 26.2 Å². The van der Waals surface area contributed by atoms with Gasteiger partial charge in [0, 0.05) is 26.3 Å². The smallest absolute Gasteiger partial charge is 0.251 e. The lowest BCUT2D eigenvalue weighted by molar-refractivity contribution is 0.0727. The summed E-state index contributed by atoms with van der Waals surface area (Å²) in [5, 5.41) is 15.0. The van der Waals surface area contributed by atoms with Gasteiger partial charge in [0.2, 0.25) is 0 Å². The van der Waals surface area contributed by atoms with Crippen LogP contribution in [0.1, 0.15) is 10.4 Å². The van der Waals surface area contributed by atoms with Crippen molar-refractivity contribution < 1.29 is 14.6 Å². The Hall–Kier alpha value is -1.79. The Morgan fingerprint density at radius 1 is 1.56 bits per heavy atom. The Balaban J connectivity index is 2.65. The molecule has 0 bridgehead atoms. The minimum Gasteiger partial charge on any atom is -0.397 e. The minimum absolute atomic E-state index is 0.187. The largest absolute Gasteiger partial charge is 0.397 e. The highest BCUT2D eigenvalue weighted by Gasteiger charge is 2.08. The van der Waals surface area contributed by atoms with E-state index < -0.39 is 6.10 Å². The Morgan fingerprint density at radius 3 is 2.83 bits per heavy atom. The molecule has 1 rings (SSSR count). The molecule has 1 aromatic rings. The number of carbonyl (C=O) groups is 1. The fraction of sp³-hybridized carbons (Fsp3) is 0.417. The summed E-state index contributed by atoms with van der Waals surface area (Å²) in [6.07, 6.45) is -0.604. The van der Waals surface area contributed by atoms with Crippen LogP contribution in [-0.2, 0) is 4.74 Å². The zero-order chi connectivity index (χ0) is 13.5. The van der Waals surface area contributed by atoms with Gasteiger partial charge in [-0.1, -0.05) is 0 Å². The van der Waals surface area contributed by atoms with Crippen LogP contribution in [0.5, 0.6) is 0 Å². The van der Waals surface area contributed by atoms with Gasteiger partial charge in [-0.3, -0.25) is 4.79 Å². The van der Waals surface area contributed by atoms with Crippen LogP contribution in [0.3, 0.4) is 0 Å². The quantitative estimate of drug-likeness (QED) is 0.537. The molecule has 0 heterocycles. The van der Waals surface area contributed by atoms with Crippen LogP contribution in [0.4, 0.5) is 11.4 Å². The van der Waals surface area contributed by atoms with Crippen LogP contribution in [-0.4, -0.2) is 44.4 Å². The van der Waals surface area contributed by atoms with E-state index in [0.717, 1.165) is 0 Å². The predicted molar refractivity (Wildman–Crippen MR) is 70.6 cm³/mol. The molecule has 18 heavy (non-hydrogen) atoms. The Bertz CT molecular complexity index is 410. The first-order valence-corrected chi connectivity index (χ1v) is 5.61. The number of carbonyl (C=O) groups excluding carboxylic acids is 1. The second-order valence-corrected chi connectivity index (χ2v) is 3.87. The third-order valence-electron chi connectivity index (χ3n) is 2.43. The summed E-state index contributed by atoms with van der Waals surface area (Å²) in [5.74, 6) is -0.187. The molecule has 100 valence electrons. The third-order valence-corrected chi connectivity index (χ3v) is 2.43. The SMILES string of the molecule is CNC(=O)c1ccc(NCC(O)COC)c(N)c1. The lowest BCUT2D eigenvalue weighted by Crippen LogP contribution is -2.24. The van der Waals surface area contributed by atoms with Gasteiger partial charge in [0.15, 0.2) is 0 Å². The van der Waals surface area contributed by atoms with Gasteiger partial charge in [-0.15, -0.1) is 0 Å². The minimum atomic E-state index is -0.604. The Morgan fingerprint density at radius 2 is 2.28 bits per heavy atom. The van der Waals surface area contributed by atoms with Crippen molar-refractivity contribution in [3.05, 3.63) is 23.8 Å². The molecule has 1 unspecified atom stereocenters. The number of hydrogen-bond acceptors (Lipinski definition) is 5. The van der Waals surface area contributed by atoms with Crippen molar-refractivity contribution in [1.82, 2.24) is 5.32 Å². The first-order valence-electron chi connectivity index (χ1n) is 5.61. The molecule has 5 N–H and O–H groups in total. The van der Waals surface area contributed by atoms with Crippen molar-refractivity contribution >= 4 is 17.3 Å². The highest BCUT2D eigenvalue weighted by molar-refractivity contribution is 5.95. The molecular weight excluding hydrogens is 234 g/mol. The summed E-state index contributed by atoms with van der Waals surface area (Å²) in [7, 11) is 3.08. The van der Waals surface area contributed by atoms with Gasteiger partial charge in [0.1, 0.15) is 0 Å². The molecule has 0 saturated heterocycles. The number of hydrogen-bond donors (Lipinski definition) is 4. The van der Waals surface area contributed by atoms with E-state index in [1.54, 1.807) is 25.2 Å². The maximum absolute atomic E-state index is 11.4. The van der Waals surface area contributed by atoms with Crippen LogP contribution >= 0.6 is 0 Å². The van der Waals surface area contributed by atoms with Crippen molar-refractivity contribution in [2.24, 2.45) is 0 Å². The zero-order valence-corrected chi connectivity index (χ0v) is 10.6. The molecule has 1 amide bonds. The standard InChI is InChI=1S/C12H19N3O3/c1-14-12(17)8-3-4-11(10(13)5-8)15-6-9(16)7-18-2/h3-5,9,15-16H,6-7,13H2,1-2H3,(H,14,17). The number of nitrogens with two attached hydrogens (primary N) is 1. The first kappa shape index (κ1) is 14.3. The molecule has 0 aliphatic carbocycles. The highest BCUT2D eigenvalue weighted by atomic mass is 16.5. The molecule has 1 aromatic carbocycles. The normalized spacial score (nSPS) is 11.9. The van der Waals surface area contributed by atoms with Gasteiger partial charge >= 0.3 is 0 Å². The summed E-state index contributed by atoms with van der Waals surface area (Å²) < 4.78 is 4.81. The molecule has 0 spiro atoms. The number of nitrogens with one attached hydrogen (secondary N) is 2. The van der Waals surface area contributed by atoms with Gasteiger partial charge in [-0.05, 0) is 18.2 Å². The fourth-order valence-electron chi connectivity index (χ4n) is 1.49. The monoisotopic (exact) mass is 253 g/mol. The molecule has 0 aliphatic heterocycles. The summed E-state index contributed by atoms with van der Waals surface area (Å²) in [5.41, 5.74) is 7.45. The van der Waals surface area contributed by atoms with E-state index in [4.69, 9.17) is 10.5 Å². The van der Waals surface area contributed by atoms with E-state index in [9.17, 15) is 9.90 Å². The van der Waals surface area contributed by atoms with E-state index in [1.807, 2.05) is 0 Å². The highest BCUT2D eigenvalue weighted by Crippen LogP contribution is 2.19. The maximum atomic E-state index is 11.4. The molecule has 0 aliphatic rings. The summed E-state index contributed by atoms with van der Waals surface area (Å²) in [6, 6.07) is 4.96. The number of amides is 1. The number of benzene rings is 1. The van der Waals surface area contributed by atoms with Gasteiger partial charge in [-0.25, -0.2) is 0 Å². The van der Waals surface area contributed by atoms with E-state index in [2.05, 4.69) is 10.6 Å². The topological polar surface area (TPSA) is 96.6 Å². The lowest BCUT2D eigenvalue weighted by atomic mass is 10.1. The number of anilines is 2. The van der Waals surface area contributed by atoms with Gasteiger partial charge in [0.05, 0.1) is 24.1 Å². The van der Waals surface area contributed by atoms with Gasteiger partial charge in [0.25, 0.3) is 5.91 Å². The number of rotatable bonds is 6. The summed E-state index contributed by atoms with van der Waals surface area (Å²) in [4.78, 5) is 11.4. The molecular formula is C12H19N3O3. The fourth-order valence-corrected chi connectivity index (χ4v) is 1.49. The molecule has 6 nitrogen and oxygen atoms in total. The number of aliphatic hydroxyl groups is 1. The third kappa shape index (κ3) is 3.90. The van der Waals surface area contributed by atoms with Crippen molar-refractivity contribution in [3.63, 3.8) is 0 Å². The lowest BCUT2D eigenvalue weighted by Gasteiger charge is -2.14. The van der Waals surface area contributed by atoms with Crippen LogP contribution < -0.4 is 16.4 Å². The number of ether oxygens (including phenoxy) is 1. The molecule has 0 radical (unpaired) electrons. The molecule has 6 heteroatoms. The zero-order valence-electron chi connectivity index (χ0n) is 10.6. The molecule has 0 fully saturated rings. The van der Waals surface area contributed by atoms with Gasteiger partial charge in [-0.2, -0.15) is 0 Å². The Kier molecular flexibility index (Phi) is 5.41. The second kappa shape index (κ2) is 6.83. The van der Waals surface area contributed by atoms with E-state index >= 15 is 0 Å². The summed E-state index contributed by atoms with van der Waals surface area (Å²) >= 11 is 0. The number of aliphatic hydroxyl groups excluding tert-OH is 1. The van der Waals surface area contributed by atoms with E-state index in [1.165, 1.54) is 7.11 Å². The average molecular weight is 253 g/mol. The van der Waals surface area contributed by atoms with Crippen molar-refractivity contribution in [1.29, 1.82) is 0 Å². The molecule has 0 aromatic heterocycles. The van der Waals surface area contributed by atoms with Crippen LogP contribution in [0, 0.1) is 0 Å². The van der Waals surface area contributed by atoms with Crippen LogP contribution in [0.2, 0.25) is 0 Å². The maximum Gasteiger partial charge on any atom is 0.251 e. The molecule has 0 saturated carbocycles. The molecule has 1 atom stereocenters. The van der Waals surface area contributed by atoms with Crippen molar-refractivity contribution in [2.45, 2.75) is 6.10 Å². The first-order chi connectivity index (χ1) is 8.58. The van der Waals surface area contributed by atoms with Crippen LogP contribution in [0.25, 0.3) is 0 Å². The predicted octanol–water partition coefficient (Wildman–Crippen LogP) is 0.0476. The second-order valence-electron chi connectivity index (χ2n) is 3.87. The van der Waals surface area contributed by atoms with Crippen molar-refractivity contribution in [3.8, 4) is 0 Å². The van der Waals surface area contributed by atoms with E-state index in [-0.39, 0.29) is 12.5 Å². The van der Waals surface area contributed by atoms with E-state index in [0.29, 0.717) is 23.5 Å². The number of nitrogen functional groups attached to an aromatic ring is 1. The Labute approximate surface area is 106 Å². The van der Waals surface area contributed by atoms with Crippen LogP contribution in [0.15, 0.2) is 18.2 Å². The average Bonchev–Trinajstić information content (AvgIpc) is 2.36.